The average molecular weight is 212 g/mol. The molecule has 0 saturated carbocycles. The van der Waals surface area contributed by atoms with Crippen molar-refractivity contribution in [1.29, 1.82) is 0 Å². The molecule has 0 radical (unpaired) electrons. The molecule has 0 aliphatic carbocycles. The van der Waals surface area contributed by atoms with Crippen molar-refractivity contribution in [1.82, 2.24) is 9.80 Å². The molecule has 1 N–H and O–H groups in total. The second-order valence-electron chi connectivity index (χ2n) is 4.98. The highest BCUT2D eigenvalue weighted by Gasteiger charge is 2.36. The molecule has 2 aliphatic rings. The molecule has 4 heteroatoms. The van der Waals surface area contributed by atoms with Crippen LogP contribution in [0.25, 0.3) is 0 Å². The molecule has 0 spiro atoms. The lowest BCUT2D eigenvalue weighted by molar-refractivity contribution is -0.137. The van der Waals surface area contributed by atoms with E-state index in [4.69, 9.17) is 0 Å². The molecule has 1 amide bonds. The average Bonchev–Trinajstić information content (AvgIpc) is 2.55. The van der Waals surface area contributed by atoms with Crippen molar-refractivity contribution in [2.75, 3.05) is 26.2 Å². The van der Waals surface area contributed by atoms with Crippen LogP contribution < -0.4 is 0 Å². The summed E-state index contributed by atoms with van der Waals surface area (Å²) in [5, 5.41) is 9.55. The Hall–Kier alpha value is -0.610. The number of carbonyl (C=O) groups is 1. The lowest BCUT2D eigenvalue weighted by atomic mass is 10.1. The van der Waals surface area contributed by atoms with E-state index in [2.05, 4.69) is 4.90 Å². The quantitative estimate of drug-likeness (QED) is 0.661. The number of hydrogen-bond donors (Lipinski definition) is 1. The van der Waals surface area contributed by atoms with Gasteiger partial charge >= 0.3 is 0 Å². The zero-order chi connectivity index (χ0) is 11.0. The molecule has 0 aromatic rings. The first-order valence-electron chi connectivity index (χ1n) is 5.79. The van der Waals surface area contributed by atoms with Gasteiger partial charge < -0.3 is 10.0 Å². The normalized spacial score (nSPS) is 32.1. The van der Waals surface area contributed by atoms with Crippen LogP contribution in [0.4, 0.5) is 0 Å². The highest BCUT2D eigenvalue weighted by molar-refractivity contribution is 5.78. The van der Waals surface area contributed by atoms with Crippen molar-refractivity contribution in [3.63, 3.8) is 0 Å². The first-order chi connectivity index (χ1) is 7.08. The molecule has 2 saturated heterocycles. The minimum absolute atomic E-state index is 0.0860. The van der Waals surface area contributed by atoms with Crippen LogP contribution in [0.3, 0.4) is 0 Å². The summed E-state index contributed by atoms with van der Waals surface area (Å²) >= 11 is 0. The highest BCUT2D eigenvalue weighted by atomic mass is 16.3. The van der Waals surface area contributed by atoms with Crippen LogP contribution in [0.5, 0.6) is 0 Å². The molecule has 2 aliphatic heterocycles. The van der Waals surface area contributed by atoms with E-state index < -0.39 is 0 Å². The molecule has 2 rings (SSSR count). The zero-order valence-corrected chi connectivity index (χ0v) is 9.52. The highest BCUT2D eigenvalue weighted by Crippen LogP contribution is 2.22. The van der Waals surface area contributed by atoms with Gasteiger partial charge in [-0.1, -0.05) is 13.8 Å². The fourth-order valence-electron chi connectivity index (χ4n) is 2.58. The molecule has 15 heavy (non-hydrogen) atoms. The number of fused-ring (bicyclic) bond motifs is 1. The van der Waals surface area contributed by atoms with Crippen LogP contribution in [0.15, 0.2) is 0 Å². The van der Waals surface area contributed by atoms with Crippen LogP contribution in [0.2, 0.25) is 0 Å². The Morgan fingerprint density at radius 1 is 1.33 bits per heavy atom. The Morgan fingerprint density at radius 2 is 2.07 bits per heavy atom. The number of rotatable bonds is 1. The van der Waals surface area contributed by atoms with Gasteiger partial charge in [-0.3, -0.25) is 9.69 Å². The van der Waals surface area contributed by atoms with E-state index in [1.807, 2.05) is 18.7 Å². The van der Waals surface area contributed by atoms with Crippen molar-refractivity contribution in [2.24, 2.45) is 5.92 Å². The number of piperazine rings is 1. The van der Waals surface area contributed by atoms with Gasteiger partial charge in [-0.15, -0.1) is 0 Å². The molecule has 0 bridgehead atoms. The summed E-state index contributed by atoms with van der Waals surface area (Å²) in [4.78, 5) is 16.1. The molecule has 2 atom stereocenters. The van der Waals surface area contributed by atoms with Crippen LogP contribution >= 0.6 is 0 Å². The number of aliphatic hydroxyl groups is 1. The van der Waals surface area contributed by atoms with E-state index in [1.165, 1.54) is 0 Å². The molecule has 0 aromatic heterocycles. The summed E-state index contributed by atoms with van der Waals surface area (Å²) in [6, 6.07) is 0.386. The van der Waals surface area contributed by atoms with Gasteiger partial charge in [-0.2, -0.15) is 0 Å². The van der Waals surface area contributed by atoms with Gasteiger partial charge in [0, 0.05) is 38.1 Å². The van der Waals surface area contributed by atoms with Crippen LogP contribution in [-0.4, -0.2) is 59.1 Å². The maximum atomic E-state index is 11.8. The van der Waals surface area contributed by atoms with E-state index in [9.17, 15) is 9.90 Å². The third-order valence-electron chi connectivity index (χ3n) is 3.40. The minimum atomic E-state index is -0.191. The first-order valence-corrected chi connectivity index (χ1v) is 5.79. The molecule has 86 valence electrons. The summed E-state index contributed by atoms with van der Waals surface area (Å²) in [5.74, 6) is 0.332. The topological polar surface area (TPSA) is 43.8 Å². The lowest BCUT2D eigenvalue weighted by Gasteiger charge is -2.38. The van der Waals surface area contributed by atoms with Gasteiger partial charge in [0.25, 0.3) is 0 Å². The SMILES string of the molecule is CC(C)C(=O)N1CCN2CC(O)CC2C1. The Balaban J connectivity index is 1.95. The predicted octanol–water partition coefficient (Wildman–Crippen LogP) is -0.0802. The van der Waals surface area contributed by atoms with Gasteiger partial charge in [0.2, 0.25) is 5.91 Å². The minimum Gasteiger partial charge on any atom is -0.392 e. The van der Waals surface area contributed by atoms with Crippen LogP contribution in [-0.2, 0) is 4.79 Å². The van der Waals surface area contributed by atoms with E-state index in [0.717, 1.165) is 32.6 Å². The van der Waals surface area contributed by atoms with Gasteiger partial charge in [0.05, 0.1) is 6.10 Å². The molecule has 2 heterocycles. The predicted molar refractivity (Wildman–Crippen MR) is 57.4 cm³/mol. The molecular weight excluding hydrogens is 192 g/mol. The fraction of sp³-hybridized carbons (Fsp3) is 0.909. The maximum absolute atomic E-state index is 11.8. The number of nitrogens with zero attached hydrogens (tertiary/aromatic N) is 2. The summed E-state index contributed by atoms with van der Waals surface area (Å²) in [6.07, 6.45) is 0.631. The third-order valence-corrected chi connectivity index (χ3v) is 3.40. The van der Waals surface area contributed by atoms with Gasteiger partial charge in [0.1, 0.15) is 0 Å². The molecular formula is C11H20N2O2. The monoisotopic (exact) mass is 212 g/mol. The van der Waals surface area contributed by atoms with Crippen molar-refractivity contribution < 1.29 is 9.90 Å². The second-order valence-corrected chi connectivity index (χ2v) is 4.98. The standard InChI is InChI=1S/C11H20N2O2/c1-8(2)11(15)13-4-3-12-7-10(14)5-9(12)6-13/h8-10,14H,3-7H2,1-2H3. The number of aliphatic hydroxyl groups excluding tert-OH is 1. The Bertz CT molecular complexity index is 255. The van der Waals surface area contributed by atoms with Crippen molar-refractivity contribution in [2.45, 2.75) is 32.4 Å². The van der Waals surface area contributed by atoms with Gasteiger partial charge in [-0.25, -0.2) is 0 Å². The number of amides is 1. The Morgan fingerprint density at radius 3 is 2.73 bits per heavy atom. The summed E-state index contributed by atoms with van der Waals surface area (Å²) < 4.78 is 0. The molecule has 2 fully saturated rings. The van der Waals surface area contributed by atoms with Crippen LogP contribution in [0.1, 0.15) is 20.3 Å². The molecule has 4 nitrogen and oxygen atoms in total. The number of carbonyl (C=O) groups excluding carboxylic acids is 1. The Labute approximate surface area is 90.9 Å². The largest absolute Gasteiger partial charge is 0.392 e. The summed E-state index contributed by atoms with van der Waals surface area (Å²) in [7, 11) is 0. The summed E-state index contributed by atoms with van der Waals surface area (Å²) in [5.41, 5.74) is 0. The van der Waals surface area contributed by atoms with Gasteiger partial charge in [0.15, 0.2) is 0 Å². The van der Waals surface area contributed by atoms with E-state index in [-0.39, 0.29) is 17.9 Å². The van der Waals surface area contributed by atoms with Gasteiger partial charge in [-0.05, 0) is 6.42 Å². The van der Waals surface area contributed by atoms with Crippen molar-refractivity contribution in [3.8, 4) is 0 Å². The fourth-order valence-corrected chi connectivity index (χ4v) is 2.58. The van der Waals surface area contributed by atoms with Crippen molar-refractivity contribution in [3.05, 3.63) is 0 Å². The summed E-state index contributed by atoms with van der Waals surface area (Å²) in [6.45, 7) is 7.21. The van der Waals surface area contributed by atoms with Crippen LogP contribution in [0, 0.1) is 5.92 Å². The number of hydrogen-bond acceptors (Lipinski definition) is 3. The van der Waals surface area contributed by atoms with E-state index >= 15 is 0 Å². The smallest absolute Gasteiger partial charge is 0.225 e. The zero-order valence-electron chi connectivity index (χ0n) is 9.52. The van der Waals surface area contributed by atoms with E-state index in [0.29, 0.717) is 6.04 Å². The molecule has 0 aromatic carbocycles. The Kier molecular flexibility index (Phi) is 2.98. The second kappa shape index (κ2) is 4.10. The third kappa shape index (κ3) is 2.16. The van der Waals surface area contributed by atoms with E-state index in [1.54, 1.807) is 0 Å². The lowest BCUT2D eigenvalue weighted by Crippen LogP contribution is -2.52. The van der Waals surface area contributed by atoms with Crippen molar-refractivity contribution >= 4 is 5.91 Å². The maximum Gasteiger partial charge on any atom is 0.225 e. The molecule has 2 unspecified atom stereocenters. The first kappa shape index (κ1) is 10.9.